The third kappa shape index (κ3) is 4.80. The van der Waals surface area contributed by atoms with Gasteiger partial charge in [-0.3, -0.25) is 0 Å². The smallest absolute Gasteiger partial charge is 0.128 e. The van der Waals surface area contributed by atoms with Gasteiger partial charge in [0.25, 0.3) is 0 Å². The van der Waals surface area contributed by atoms with E-state index in [0.717, 1.165) is 35.4 Å². The number of nitrogens with one attached hydrogen (secondary N) is 1. The largest absolute Gasteiger partial charge is 0.355 e. The molecule has 1 aliphatic rings. The number of rotatable bonds is 4. The molecule has 1 N–H and O–H groups in total. The van der Waals surface area contributed by atoms with E-state index >= 15 is 0 Å². The second kappa shape index (κ2) is 8.29. The van der Waals surface area contributed by atoms with E-state index in [9.17, 15) is 4.39 Å². The lowest BCUT2D eigenvalue weighted by atomic mass is 10.2. The summed E-state index contributed by atoms with van der Waals surface area (Å²) in [5.74, 6) is 0.689. The van der Waals surface area contributed by atoms with E-state index in [1.54, 1.807) is 6.07 Å². The average molecular weight is 421 g/mol. The van der Waals surface area contributed by atoms with Crippen LogP contribution in [0.3, 0.4) is 0 Å². The zero-order chi connectivity index (χ0) is 15.5. The van der Waals surface area contributed by atoms with Crippen LogP contribution in [0.5, 0.6) is 0 Å². The molecule has 1 aromatic carbocycles. The molecule has 23 heavy (non-hydrogen) atoms. The topological polar surface area (TPSA) is 28.2 Å². The Hall–Kier alpha value is -0.880. The van der Waals surface area contributed by atoms with Crippen LogP contribution in [0.15, 0.2) is 41.0 Å². The molecule has 1 fully saturated rings. The predicted molar refractivity (Wildman–Crippen MR) is 98.1 cm³/mol. The molecule has 3 rings (SSSR count). The highest BCUT2D eigenvalue weighted by Crippen LogP contribution is 2.21. The van der Waals surface area contributed by atoms with Crippen LogP contribution in [-0.4, -0.2) is 24.1 Å². The van der Waals surface area contributed by atoms with E-state index in [1.165, 1.54) is 12.1 Å². The molecule has 0 aliphatic carbocycles. The second-order valence-electron chi connectivity index (χ2n) is 5.38. The van der Waals surface area contributed by atoms with Crippen molar-refractivity contribution in [2.75, 3.05) is 18.0 Å². The molecule has 7 heteroatoms. The lowest BCUT2D eigenvalue weighted by Gasteiger charge is -2.18. The number of hydrogen-bond acceptors (Lipinski definition) is 3. The van der Waals surface area contributed by atoms with Crippen molar-refractivity contribution in [1.82, 2.24) is 10.3 Å². The third-order valence-electron chi connectivity index (χ3n) is 3.82. The van der Waals surface area contributed by atoms with Crippen molar-refractivity contribution < 1.29 is 4.39 Å². The van der Waals surface area contributed by atoms with E-state index < -0.39 is 0 Å². The first kappa shape index (κ1) is 18.5. The van der Waals surface area contributed by atoms with E-state index in [-0.39, 0.29) is 18.2 Å². The highest BCUT2D eigenvalue weighted by atomic mass is 79.9. The number of anilines is 1. The van der Waals surface area contributed by atoms with Gasteiger partial charge in [-0.2, -0.15) is 0 Å². The van der Waals surface area contributed by atoms with Crippen molar-refractivity contribution in [1.29, 1.82) is 0 Å². The van der Waals surface area contributed by atoms with Crippen molar-refractivity contribution >= 4 is 45.8 Å². The van der Waals surface area contributed by atoms with Gasteiger partial charge in [0.2, 0.25) is 0 Å². The van der Waals surface area contributed by atoms with Crippen molar-refractivity contribution in [2.45, 2.75) is 19.0 Å². The fourth-order valence-electron chi connectivity index (χ4n) is 2.61. The van der Waals surface area contributed by atoms with Crippen LogP contribution in [0.4, 0.5) is 10.2 Å². The molecule has 3 nitrogen and oxygen atoms in total. The maximum absolute atomic E-state index is 13.0. The SMILES string of the molecule is Cl.Fc1ccc(CN[C@H]2CCN(c3ccc(Br)cn3)C2)c(Cl)c1. The first-order valence-corrected chi connectivity index (χ1v) is 8.33. The number of nitrogens with zero attached hydrogens (tertiary/aromatic N) is 2. The van der Waals surface area contributed by atoms with E-state index in [0.29, 0.717) is 17.6 Å². The average Bonchev–Trinajstić information content (AvgIpc) is 2.96. The quantitative estimate of drug-likeness (QED) is 0.792. The van der Waals surface area contributed by atoms with Gasteiger partial charge in [-0.05, 0) is 52.2 Å². The van der Waals surface area contributed by atoms with Gasteiger partial charge >= 0.3 is 0 Å². The first-order chi connectivity index (χ1) is 10.6. The Morgan fingerprint density at radius 1 is 1.35 bits per heavy atom. The van der Waals surface area contributed by atoms with E-state index in [4.69, 9.17) is 11.6 Å². The van der Waals surface area contributed by atoms with Crippen LogP contribution in [0.2, 0.25) is 5.02 Å². The van der Waals surface area contributed by atoms with Crippen LogP contribution < -0.4 is 10.2 Å². The summed E-state index contributed by atoms with van der Waals surface area (Å²) in [4.78, 5) is 6.69. The van der Waals surface area contributed by atoms with Crippen molar-refractivity contribution in [3.63, 3.8) is 0 Å². The third-order valence-corrected chi connectivity index (χ3v) is 4.64. The fraction of sp³-hybridized carbons (Fsp3) is 0.312. The molecule has 1 saturated heterocycles. The summed E-state index contributed by atoms with van der Waals surface area (Å²) >= 11 is 9.45. The van der Waals surface area contributed by atoms with Crippen LogP contribution in [0.25, 0.3) is 0 Å². The van der Waals surface area contributed by atoms with Gasteiger partial charge in [-0.1, -0.05) is 17.7 Å². The number of benzene rings is 1. The number of aromatic nitrogens is 1. The van der Waals surface area contributed by atoms with Gasteiger partial charge < -0.3 is 10.2 Å². The Morgan fingerprint density at radius 2 is 2.17 bits per heavy atom. The zero-order valence-electron chi connectivity index (χ0n) is 12.3. The summed E-state index contributed by atoms with van der Waals surface area (Å²) < 4.78 is 14.0. The molecule has 0 bridgehead atoms. The normalized spacial score (nSPS) is 17.2. The molecule has 124 valence electrons. The first-order valence-electron chi connectivity index (χ1n) is 7.15. The molecular formula is C16H17BrCl2FN3. The minimum atomic E-state index is -0.304. The van der Waals surface area contributed by atoms with Gasteiger partial charge in [0, 0.05) is 41.4 Å². The molecule has 0 spiro atoms. The summed E-state index contributed by atoms with van der Waals surface area (Å²) in [5, 5.41) is 3.95. The number of halogens is 4. The molecule has 1 aliphatic heterocycles. The Kier molecular flexibility index (Phi) is 6.65. The fourth-order valence-corrected chi connectivity index (χ4v) is 3.08. The molecule has 2 aromatic rings. The lowest BCUT2D eigenvalue weighted by Crippen LogP contribution is -2.32. The van der Waals surface area contributed by atoms with E-state index in [1.807, 2.05) is 18.3 Å². The molecule has 0 amide bonds. The summed E-state index contributed by atoms with van der Waals surface area (Å²) in [7, 11) is 0. The zero-order valence-corrected chi connectivity index (χ0v) is 15.5. The van der Waals surface area contributed by atoms with Crippen molar-refractivity contribution in [3.8, 4) is 0 Å². The van der Waals surface area contributed by atoms with Gasteiger partial charge in [0.05, 0.1) is 0 Å². The Morgan fingerprint density at radius 3 is 2.87 bits per heavy atom. The van der Waals surface area contributed by atoms with Crippen LogP contribution in [-0.2, 0) is 6.54 Å². The van der Waals surface area contributed by atoms with Crippen molar-refractivity contribution in [2.24, 2.45) is 0 Å². The van der Waals surface area contributed by atoms with Crippen molar-refractivity contribution in [3.05, 3.63) is 57.4 Å². The molecule has 0 unspecified atom stereocenters. The molecule has 1 atom stereocenters. The summed E-state index contributed by atoms with van der Waals surface area (Å²) in [6.07, 6.45) is 2.87. The minimum Gasteiger partial charge on any atom is -0.355 e. The van der Waals surface area contributed by atoms with Gasteiger partial charge in [0.15, 0.2) is 0 Å². The minimum absolute atomic E-state index is 0. The second-order valence-corrected chi connectivity index (χ2v) is 6.71. The number of pyridine rings is 1. The maximum atomic E-state index is 13.0. The van der Waals surface area contributed by atoms with Crippen LogP contribution in [0.1, 0.15) is 12.0 Å². The highest BCUT2D eigenvalue weighted by Gasteiger charge is 2.23. The summed E-state index contributed by atoms with van der Waals surface area (Å²) in [5.41, 5.74) is 0.920. The predicted octanol–water partition coefficient (Wildman–Crippen LogP) is 4.43. The molecule has 0 saturated carbocycles. The number of hydrogen-bond donors (Lipinski definition) is 1. The maximum Gasteiger partial charge on any atom is 0.128 e. The molecule has 2 heterocycles. The Labute approximate surface area is 154 Å². The van der Waals surface area contributed by atoms with Crippen LogP contribution >= 0.6 is 39.9 Å². The molecular weight excluding hydrogens is 404 g/mol. The molecule has 1 aromatic heterocycles. The standard InChI is InChI=1S/C16H16BrClFN3.ClH/c17-12-2-4-16(21-9-12)22-6-5-14(10-22)20-8-11-1-3-13(19)7-15(11)18;/h1-4,7,9,14,20H,5-6,8,10H2;1H/t14-;/m0./s1. The van der Waals surface area contributed by atoms with Gasteiger partial charge in [-0.25, -0.2) is 9.37 Å². The monoisotopic (exact) mass is 419 g/mol. The highest BCUT2D eigenvalue weighted by molar-refractivity contribution is 9.10. The Bertz CT molecular complexity index is 654. The van der Waals surface area contributed by atoms with Gasteiger partial charge in [0.1, 0.15) is 11.6 Å². The summed E-state index contributed by atoms with van der Waals surface area (Å²) in [6, 6.07) is 8.92. The summed E-state index contributed by atoms with van der Waals surface area (Å²) in [6.45, 7) is 2.53. The van der Waals surface area contributed by atoms with Crippen LogP contribution in [0, 0.1) is 5.82 Å². The Balaban J connectivity index is 0.00000192. The van der Waals surface area contributed by atoms with E-state index in [2.05, 4.69) is 31.1 Å². The molecule has 0 radical (unpaired) electrons. The van der Waals surface area contributed by atoms with Gasteiger partial charge in [-0.15, -0.1) is 12.4 Å². The lowest BCUT2D eigenvalue weighted by molar-refractivity contribution is 0.550.